The van der Waals surface area contributed by atoms with Gasteiger partial charge in [-0.2, -0.15) is 0 Å². The molecule has 0 aliphatic rings. The van der Waals surface area contributed by atoms with Crippen LogP contribution >= 0.6 is 0 Å². The number of amides is 1. The fourth-order valence-electron chi connectivity index (χ4n) is 1.07. The predicted molar refractivity (Wildman–Crippen MR) is 60.4 cm³/mol. The Labute approximate surface area is 91.6 Å². The van der Waals surface area contributed by atoms with Crippen LogP contribution in [0.15, 0.2) is 0 Å². The first-order valence-corrected chi connectivity index (χ1v) is 5.38. The molecule has 0 fully saturated rings. The largest absolute Gasteiger partial charge is 0.346 e. The van der Waals surface area contributed by atoms with Crippen LogP contribution in [0.5, 0.6) is 0 Å². The van der Waals surface area contributed by atoms with E-state index in [0.29, 0.717) is 13.0 Å². The quantitative estimate of drug-likeness (QED) is 0.508. The smallest absolute Gasteiger partial charge is 0.225 e. The minimum absolute atomic E-state index is 0.0904. The van der Waals surface area contributed by atoms with Crippen molar-refractivity contribution in [2.75, 3.05) is 6.54 Å². The summed E-state index contributed by atoms with van der Waals surface area (Å²) in [6.07, 6.45) is 3.21. The molecule has 0 aliphatic carbocycles. The van der Waals surface area contributed by atoms with Crippen molar-refractivity contribution in [3.8, 4) is 0 Å². The molecule has 0 aliphatic heterocycles. The molecule has 1 unspecified atom stereocenters. The fraction of sp³-hybridized carbons (Fsp3) is 0.818. The normalized spacial score (nSPS) is 13.3. The maximum atomic E-state index is 11.6. The van der Waals surface area contributed by atoms with Crippen molar-refractivity contribution in [3.63, 3.8) is 0 Å². The first-order valence-electron chi connectivity index (χ1n) is 5.38. The van der Waals surface area contributed by atoms with E-state index in [-0.39, 0.29) is 11.9 Å². The third-order valence-electron chi connectivity index (χ3n) is 2.13. The lowest BCUT2D eigenvalue weighted by Crippen LogP contribution is -2.42. The van der Waals surface area contributed by atoms with Crippen LogP contribution in [-0.2, 0) is 9.59 Å². The Morgan fingerprint density at radius 3 is 2.40 bits per heavy atom. The summed E-state index contributed by atoms with van der Waals surface area (Å²) in [5, 5.41) is 2.72. The number of unbranched alkanes of at least 4 members (excludes halogenated alkanes) is 1. The standard InChI is InChI=1S/C11H22N2O2/c1-11(2,3)10(15)13-9(8-14)6-4-5-7-12/h8-9H,4-7,12H2,1-3H3,(H,13,15). The van der Waals surface area contributed by atoms with E-state index in [0.717, 1.165) is 19.1 Å². The van der Waals surface area contributed by atoms with Gasteiger partial charge >= 0.3 is 0 Å². The maximum Gasteiger partial charge on any atom is 0.225 e. The lowest BCUT2D eigenvalue weighted by atomic mass is 9.95. The number of carbonyl (C=O) groups excluding carboxylic acids is 2. The van der Waals surface area contributed by atoms with Crippen LogP contribution in [-0.4, -0.2) is 24.8 Å². The van der Waals surface area contributed by atoms with Gasteiger partial charge in [0.1, 0.15) is 6.29 Å². The van der Waals surface area contributed by atoms with E-state index in [2.05, 4.69) is 5.32 Å². The van der Waals surface area contributed by atoms with Crippen molar-refractivity contribution in [2.45, 2.75) is 46.1 Å². The molecular formula is C11H22N2O2. The summed E-state index contributed by atoms with van der Waals surface area (Å²) in [5.74, 6) is -0.0904. The molecule has 0 bridgehead atoms. The van der Waals surface area contributed by atoms with E-state index in [9.17, 15) is 9.59 Å². The zero-order valence-corrected chi connectivity index (χ0v) is 9.88. The van der Waals surface area contributed by atoms with E-state index in [1.807, 2.05) is 20.8 Å². The second-order valence-electron chi connectivity index (χ2n) is 4.75. The number of hydrogen-bond donors (Lipinski definition) is 2. The van der Waals surface area contributed by atoms with Gasteiger partial charge in [-0.25, -0.2) is 0 Å². The van der Waals surface area contributed by atoms with Gasteiger partial charge in [0.25, 0.3) is 0 Å². The van der Waals surface area contributed by atoms with Gasteiger partial charge in [0.05, 0.1) is 6.04 Å². The molecule has 0 radical (unpaired) electrons. The molecule has 4 nitrogen and oxygen atoms in total. The van der Waals surface area contributed by atoms with Crippen LogP contribution in [0.1, 0.15) is 40.0 Å². The molecule has 0 aromatic carbocycles. The van der Waals surface area contributed by atoms with Crippen LogP contribution in [0, 0.1) is 5.41 Å². The monoisotopic (exact) mass is 214 g/mol. The summed E-state index contributed by atoms with van der Waals surface area (Å²) in [6.45, 7) is 6.09. The van der Waals surface area contributed by atoms with Crippen molar-refractivity contribution < 1.29 is 9.59 Å². The van der Waals surface area contributed by atoms with Crippen molar-refractivity contribution in [1.82, 2.24) is 5.32 Å². The van der Waals surface area contributed by atoms with Gasteiger partial charge in [-0.05, 0) is 25.8 Å². The van der Waals surface area contributed by atoms with Gasteiger partial charge in [0, 0.05) is 5.41 Å². The summed E-state index contributed by atoms with van der Waals surface area (Å²) < 4.78 is 0. The highest BCUT2D eigenvalue weighted by Gasteiger charge is 2.23. The average Bonchev–Trinajstić information content (AvgIpc) is 2.14. The molecule has 0 aromatic rings. The third-order valence-corrected chi connectivity index (χ3v) is 2.13. The van der Waals surface area contributed by atoms with E-state index in [1.54, 1.807) is 0 Å². The Balaban J connectivity index is 3.99. The summed E-state index contributed by atoms with van der Waals surface area (Å²) in [5.41, 5.74) is 4.90. The van der Waals surface area contributed by atoms with Gasteiger partial charge in [0.2, 0.25) is 5.91 Å². The van der Waals surface area contributed by atoms with E-state index in [4.69, 9.17) is 5.73 Å². The molecular weight excluding hydrogens is 192 g/mol. The van der Waals surface area contributed by atoms with Gasteiger partial charge in [-0.3, -0.25) is 4.79 Å². The highest BCUT2D eigenvalue weighted by atomic mass is 16.2. The topological polar surface area (TPSA) is 72.2 Å². The number of hydrogen-bond acceptors (Lipinski definition) is 3. The summed E-state index contributed by atoms with van der Waals surface area (Å²) in [4.78, 5) is 22.3. The zero-order valence-electron chi connectivity index (χ0n) is 9.88. The van der Waals surface area contributed by atoms with Crippen LogP contribution < -0.4 is 11.1 Å². The lowest BCUT2D eigenvalue weighted by Gasteiger charge is -2.21. The minimum Gasteiger partial charge on any atom is -0.346 e. The summed E-state index contributed by atoms with van der Waals surface area (Å²) in [7, 11) is 0. The predicted octanol–water partition coefficient (Wildman–Crippen LogP) is 0.845. The second-order valence-corrected chi connectivity index (χ2v) is 4.75. The van der Waals surface area contributed by atoms with Gasteiger partial charge < -0.3 is 15.8 Å². The molecule has 1 atom stereocenters. The van der Waals surface area contributed by atoms with E-state index >= 15 is 0 Å². The molecule has 0 heterocycles. The van der Waals surface area contributed by atoms with Crippen molar-refractivity contribution in [1.29, 1.82) is 0 Å². The Kier molecular flexibility index (Phi) is 6.17. The zero-order chi connectivity index (χ0) is 11.9. The number of nitrogens with two attached hydrogens (primary N) is 1. The molecule has 0 rings (SSSR count). The highest BCUT2D eigenvalue weighted by molar-refractivity contribution is 5.84. The molecule has 3 N–H and O–H groups in total. The molecule has 0 aromatic heterocycles. The molecule has 0 saturated heterocycles. The average molecular weight is 214 g/mol. The minimum atomic E-state index is -0.449. The highest BCUT2D eigenvalue weighted by Crippen LogP contribution is 2.13. The van der Waals surface area contributed by atoms with E-state index < -0.39 is 5.41 Å². The third kappa shape index (κ3) is 6.23. The molecule has 4 heteroatoms. The van der Waals surface area contributed by atoms with Crippen LogP contribution in [0.4, 0.5) is 0 Å². The number of aldehydes is 1. The molecule has 1 amide bonds. The van der Waals surface area contributed by atoms with Crippen molar-refractivity contribution in [3.05, 3.63) is 0 Å². The number of carbonyl (C=O) groups is 2. The first kappa shape index (κ1) is 14.1. The van der Waals surface area contributed by atoms with Crippen LogP contribution in [0.3, 0.4) is 0 Å². The Morgan fingerprint density at radius 2 is 2.00 bits per heavy atom. The van der Waals surface area contributed by atoms with Gasteiger partial charge in [0.15, 0.2) is 0 Å². The summed E-state index contributed by atoms with van der Waals surface area (Å²) in [6, 6.07) is -0.372. The Hall–Kier alpha value is -0.900. The lowest BCUT2D eigenvalue weighted by molar-refractivity contribution is -0.130. The van der Waals surface area contributed by atoms with Crippen molar-refractivity contribution in [2.24, 2.45) is 11.1 Å². The second kappa shape index (κ2) is 6.56. The van der Waals surface area contributed by atoms with Crippen LogP contribution in [0.25, 0.3) is 0 Å². The number of nitrogens with one attached hydrogen (secondary N) is 1. The van der Waals surface area contributed by atoms with E-state index in [1.165, 1.54) is 0 Å². The summed E-state index contributed by atoms with van der Waals surface area (Å²) >= 11 is 0. The van der Waals surface area contributed by atoms with Crippen molar-refractivity contribution >= 4 is 12.2 Å². The number of rotatable bonds is 6. The van der Waals surface area contributed by atoms with Gasteiger partial charge in [-0.1, -0.05) is 20.8 Å². The SMILES string of the molecule is CC(C)(C)C(=O)NC(C=O)CCCCN. The Bertz CT molecular complexity index is 209. The molecule has 0 saturated carbocycles. The first-order chi connectivity index (χ1) is 6.91. The molecule has 88 valence electrons. The molecule has 15 heavy (non-hydrogen) atoms. The molecule has 0 spiro atoms. The van der Waals surface area contributed by atoms with Gasteiger partial charge in [-0.15, -0.1) is 0 Å². The maximum absolute atomic E-state index is 11.6. The Morgan fingerprint density at radius 1 is 1.40 bits per heavy atom. The van der Waals surface area contributed by atoms with Crippen LogP contribution in [0.2, 0.25) is 0 Å². The fourth-order valence-corrected chi connectivity index (χ4v) is 1.07.